The Morgan fingerprint density at radius 3 is 2.33 bits per heavy atom. The van der Waals surface area contributed by atoms with E-state index in [9.17, 15) is 9.59 Å². The molecule has 0 aromatic heterocycles. The predicted octanol–water partition coefficient (Wildman–Crippen LogP) is 3.89. The number of rotatable bonds is 8. The number of para-hydroxylation sites is 1. The van der Waals surface area contributed by atoms with Gasteiger partial charge in [-0.2, -0.15) is 0 Å². The highest BCUT2D eigenvalue weighted by atomic mass is 35.5. The van der Waals surface area contributed by atoms with Crippen LogP contribution in [0.25, 0.3) is 0 Å². The molecule has 0 aliphatic rings. The van der Waals surface area contributed by atoms with Crippen LogP contribution in [0.4, 0.5) is 5.69 Å². The molecule has 2 rings (SSSR count). The van der Waals surface area contributed by atoms with Crippen LogP contribution in [0.5, 0.6) is 0 Å². The molecule has 0 heterocycles. The minimum Gasteiger partial charge on any atom is -0.353 e. The number of carbonyl (C=O) groups excluding carboxylic acids is 2. The van der Waals surface area contributed by atoms with E-state index in [1.165, 1.54) is 0 Å². The second-order valence-electron chi connectivity index (χ2n) is 6.49. The summed E-state index contributed by atoms with van der Waals surface area (Å²) in [6.07, 6.45) is 0. The summed E-state index contributed by atoms with van der Waals surface area (Å²) in [6.45, 7) is 4.11. The first-order chi connectivity index (χ1) is 12.8. The highest BCUT2D eigenvalue weighted by molar-refractivity contribution is 7.99. The van der Waals surface area contributed by atoms with Gasteiger partial charge in [-0.1, -0.05) is 35.5 Å². The molecule has 7 heteroatoms. The van der Waals surface area contributed by atoms with E-state index in [0.29, 0.717) is 5.02 Å². The SMILES string of the molecule is CC(C)NC(=O)CN(C)CC(=O)Nc1ccccc1Sc1ccc(Cl)cc1. The maximum absolute atomic E-state index is 12.4. The number of hydrogen-bond donors (Lipinski definition) is 2. The summed E-state index contributed by atoms with van der Waals surface area (Å²) in [5.74, 6) is -0.266. The van der Waals surface area contributed by atoms with Crippen LogP contribution in [0.2, 0.25) is 5.02 Å². The van der Waals surface area contributed by atoms with Crippen molar-refractivity contribution in [2.75, 3.05) is 25.5 Å². The lowest BCUT2D eigenvalue weighted by molar-refractivity contribution is -0.123. The van der Waals surface area contributed by atoms with Crippen LogP contribution in [-0.4, -0.2) is 42.9 Å². The van der Waals surface area contributed by atoms with Gasteiger partial charge in [0.05, 0.1) is 18.8 Å². The van der Waals surface area contributed by atoms with Gasteiger partial charge in [0.15, 0.2) is 0 Å². The topological polar surface area (TPSA) is 61.4 Å². The molecule has 0 aliphatic carbocycles. The molecule has 0 unspecified atom stereocenters. The van der Waals surface area contributed by atoms with Gasteiger partial charge in [-0.25, -0.2) is 0 Å². The largest absolute Gasteiger partial charge is 0.353 e. The maximum atomic E-state index is 12.4. The summed E-state index contributed by atoms with van der Waals surface area (Å²) in [5, 5.41) is 6.43. The van der Waals surface area contributed by atoms with Crippen LogP contribution in [0.15, 0.2) is 58.3 Å². The maximum Gasteiger partial charge on any atom is 0.238 e. The third-order valence-electron chi connectivity index (χ3n) is 3.48. The van der Waals surface area contributed by atoms with Gasteiger partial charge in [-0.05, 0) is 57.3 Å². The van der Waals surface area contributed by atoms with Crippen LogP contribution in [-0.2, 0) is 9.59 Å². The number of anilines is 1. The van der Waals surface area contributed by atoms with E-state index in [4.69, 9.17) is 11.6 Å². The van der Waals surface area contributed by atoms with Crippen LogP contribution in [0.3, 0.4) is 0 Å². The number of likely N-dealkylation sites (N-methyl/N-ethyl adjacent to an activating group) is 1. The van der Waals surface area contributed by atoms with Crippen molar-refractivity contribution < 1.29 is 9.59 Å². The van der Waals surface area contributed by atoms with E-state index < -0.39 is 0 Å². The van der Waals surface area contributed by atoms with Crippen molar-refractivity contribution in [2.45, 2.75) is 29.7 Å². The normalized spacial score (nSPS) is 10.9. The van der Waals surface area contributed by atoms with E-state index in [1.54, 1.807) is 23.7 Å². The summed E-state index contributed by atoms with van der Waals surface area (Å²) in [7, 11) is 1.74. The number of nitrogens with zero attached hydrogens (tertiary/aromatic N) is 1. The lowest BCUT2D eigenvalue weighted by Crippen LogP contribution is -2.41. The molecule has 0 saturated heterocycles. The molecule has 2 aromatic carbocycles. The first-order valence-corrected chi connectivity index (χ1v) is 9.83. The van der Waals surface area contributed by atoms with Gasteiger partial charge in [0.2, 0.25) is 11.8 Å². The second-order valence-corrected chi connectivity index (χ2v) is 8.05. The summed E-state index contributed by atoms with van der Waals surface area (Å²) in [6, 6.07) is 15.2. The van der Waals surface area contributed by atoms with Gasteiger partial charge in [0.25, 0.3) is 0 Å². The Bertz CT molecular complexity index is 781. The molecule has 2 aromatic rings. The Kier molecular flexibility index (Phi) is 8.16. The van der Waals surface area contributed by atoms with Gasteiger partial charge in [-0.15, -0.1) is 0 Å². The number of hydrogen-bond acceptors (Lipinski definition) is 4. The van der Waals surface area contributed by atoms with Gasteiger partial charge >= 0.3 is 0 Å². The Labute approximate surface area is 169 Å². The van der Waals surface area contributed by atoms with Crippen molar-refractivity contribution in [3.05, 3.63) is 53.6 Å². The van der Waals surface area contributed by atoms with Crippen LogP contribution in [0, 0.1) is 0 Å². The Balaban J connectivity index is 1.95. The molecule has 0 bridgehead atoms. The van der Waals surface area contributed by atoms with Crippen molar-refractivity contribution in [3.63, 3.8) is 0 Å². The predicted molar refractivity (Wildman–Crippen MR) is 111 cm³/mol. The average molecular weight is 406 g/mol. The molecule has 0 saturated carbocycles. The molecule has 144 valence electrons. The minimum atomic E-state index is -0.168. The number of carbonyl (C=O) groups is 2. The fraction of sp³-hybridized carbons (Fsp3) is 0.300. The molecule has 2 amide bonds. The molecule has 0 radical (unpaired) electrons. The van der Waals surface area contributed by atoms with Crippen LogP contribution < -0.4 is 10.6 Å². The van der Waals surface area contributed by atoms with Crippen molar-refractivity contribution in [1.82, 2.24) is 10.2 Å². The lowest BCUT2D eigenvalue weighted by atomic mass is 10.3. The Morgan fingerprint density at radius 2 is 1.67 bits per heavy atom. The van der Waals surface area contributed by atoms with E-state index in [0.717, 1.165) is 15.5 Å². The van der Waals surface area contributed by atoms with Crippen molar-refractivity contribution in [2.24, 2.45) is 0 Å². The zero-order valence-corrected chi connectivity index (χ0v) is 17.2. The van der Waals surface area contributed by atoms with Gasteiger partial charge in [-0.3, -0.25) is 14.5 Å². The first kappa shape index (κ1) is 21.3. The number of nitrogens with one attached hydrogen (secondary N) is 2. The molecule has 0 atom stereocenters. The molecule has 0 spiro atoms. The van der Waals surface area contributed by atoms with Gasteiger partial charge in [0.1, 0.15) is 0 Å². The fourth-order valence-corrected chi connectivity index (χ4v) is 3.42. The average Bonchev–Trinajstić information content (AvgIpc) is 2.57. The summed E-state index contributed by atoms with van der Waals surface area (Å²) in [5.41, 5.74) is 0.738. The molecule has 0 fully saturated rings. The molecule has 5 nitrogen and oxygen atoms in total. The van der Waals surface area contributed by atoms with Crippen molar-refractivity contribution in [3.8, 4) is 0 Å². The zero-order chi connectivity index (χ0) is 19.8. The minimum absolute atomic E-state index is 0.0801. The third kappa shape index (κ3) is 7.62. The summed E-state index contributed by atoms with van der Waals surface area (Å²) >= 11 is 7.48. The standard InChI is InChI=1S/C20H24ClN3O2S/c1-14(2)22-19(25)12-24(3)13-20(26)23-17-6-4-5-7-18(17)27-16-10-8-15(21)9-11-16/h4-11,14H,12-13H2,1-3H3,(H,22,25)(H,23,26). The van der Waals surface area contributed by atoms with Crippen molar-refractivity contribution in [1.29, 1.82) is 0 Å². The third-order valence-corrected chi connectivity index (χ3v) is 4.82. The quantitative estimate of drug-likeness (QED) is 0.699. The molecule has 0 aliphatic heterocycles. The number of halogens is 1. The van der Waals surface area contributed by atoms with E-state index in [-0.39, 0.29) is 30.9 Å². The molecular formula is C20H24ClN3O2S. The van der Waals surface area contributed by atoms with Gasteiger partial charge in [0, 0.05) is 20.9 Å². The second kappa shape index (κ2) is 10.3. The number of amides is 2. The fourth-order valence-electron chi connectivity index (χ4n) is 2.39. The van der Waals surface area contributed by atoms with Crippen molar-refractivity contribution >= 4 is 40.9 Å². The number of benzene rings is 2. The summed E-state index contributed by atoms with van der Waals surface area (Å²) < 4.78 is 0. The zero-order valence-electron chi connectivity index (χ0n) is 15.7. The monoisotopic (exact) mass is 405 g/mol. The molecule has 27 heavy (non-hydrogen) atoms. The lowest BCUT2D eigenvalue weighted by Gasteiger charge is -2.18. The molecule has 2 N–H and O–H groups in total. The van der Waals surface area contributed by atoms with Gasteiger partial charge < -0.3 is 10.6 Å². The first-order valence-electron chi connectivity index (χ1n) is 8.63. The smallest absolute Gasteiger partial charge is 0.238 e. The van der Waals surface area contributed by atoms with Crippen LogP contribution >= 0.6 is 23.4 Å². The Hall–Kier alpha value is -2.02. The Morgan fingerprint density at radius 1 is 1.04 bits per heavy atom. The summed E-state index contributed by atoms with van der Waals surface area (Å²) in [4.78, 5) is 27.8. The highest BCUT2D eigenvalue weighted by Gasteiger charge is 2.13. The highest BCUT2D eigenvalue weighted by Crippen LogP contribution is 2.33. The molecular weight excluding hydrogens is 382 g/mol. The van der Waals surface area contributed by atoms with Crippen LogP contribution in [0.1, 0.15) is 13.8 Å². The van der Waals surface area contributed by atoms with E-state index in [2.05, 4.69) is 10.6 Å². The van der Waals surface area contributed by atoms with E-state index in [1.807, 2.05) is 62.4 Å². The van der Waals surface area contributed by atoms with E-state index >= 15 is 0 Å².